The minimum atomic E-state index is 0.555. The smallest absolute Gasteiger partial charge is 0.124 e. The number of benzene rings is 3. The fraction of sp³-hybridized carbons (Fsp3) is 0.280. The van der Waals surface area contributed by atoms with E-state index in [4.69, 9.17) is 14.2 Å². The molecule has 0 radical (unpaired) electrons. The van der Waals surface area contributed by atoms with Gasteiger partial charge in [0.1, 0.15) is 18.1 Å². The Labute approximate surface area is 173 Å². The van der Waals surface area contributed by atoms with Crippen LogP contribution in [0.3, 0.4) is 0 Å². The topological polar surface area (TPSA) is 39.7 Å². The molecule has 4 nitrogen and oxygen atoms in total. The van der Waals surface area contributed by atoms with Crippen LogP contribution in [0.1, 0.15) is 18.1 Å². The molecule has 0 atom stereocenters. The predicted molar refractivity (Wildman–Crippen MR) is 118 cm³/mol. The van der Waals surface area contributed by atoms with Crippen molar-refractivity contribution in [2.24, 2.45) is 0 Å². The van der Waals surface area contributed by atoms with Gasteiger partial charge in [0.15, 0.2) is 0 Å². The van der Waals surface area contributed by atoms with Gasteiger partial charge in [-0.1, -0.05) is 48.5 Å². The molecule has 152 valence electrons. The first-order valence-electron chi connectivity index (χ1n) is 10.1. The highest BCUT2D eigenvalue weighted by molar-refractivity contribution is 5.48. The molecule has 0 spiro atoms. The predicted octanol–water partition coefficient (Wildman–Crippen LogP) is 5.34. The molecule has 1 N–H and O–H groups in total. The van der Waals surface area contributed by atoms with Gasteiger partial charge in [-0.15, -0.1) is 0 Å². The molecular weight excluding hydrogens is 362 g/mol. The molecule has 29 heavy (non-hydrogen) atoms. The third-order valence-corrected chi connectivity index (χ3v) is 4.50. The first-order valence-corrected chi connectivity index (χ1v) is 10.1. The lowest BCUT2D eigenvalue weighted by Gasteiger charge is -2.13. The lowest BCUT2D eigenvalue weighted by molar-refractivity contribution is 0.110. The highest BCUT2D eigenvalue weighted by Gasteiger charge is 2.03. The van der Waals surface area contributed by atoms with Crippen LogP contribution in [0.15, 0.2) is 78.9 Å². The Balaban J connectivity index is 1.45. The van der Waals surface area contributed by atoms with E-state index in [0.717, 1.165) is 29.2 Å². The van der Waals surface area contributed by atoms with Crippen molar-refractivity contribution in [3.8, 4) is 11.5 Å². The van der Waals surface area contributed by atoms with Crippen molar-refractivity contribution in [2.45, 2.75) is 19.9 Å². The second kappa shape index (κ2) is 11.8. The normalized spacial score (nSPS) is 10.5. The Bertz CT molecular complexity index is 834. The van der Waals surface area contributed by atoms with E-state index in [1.54, 1.807) is 0 Å². The highest BCUT2D eigenvalue weighted by atomic mass is 16.5. The van der Waals surface area contributed by atoms with E-state index in [0.29, 0.717) is 33.0 Å². The molecule has 3 aromatic carbocycles. The Kier molecular flexibility index (Phi) is 8.42. The van der Waals surface area contributed by atoms with Gasteiger partial charge in [-0.25, -0.2) is 0 Å². The summed E-state index contributed by atoms with van der Waals surface area (Å²) in [7, 11) is 0. The molecule has 0 aliphatic heterocycles. The molecule has 0 unspecified atom stereocenters. The largest absolute Gasteiger partial charge is 0.493 e. The number of nitrogens with one attached hydrogen (secondary N) is 1. The van der Waals surface area contributed by atoms with Crippen LogP contribution >= 0.6 is 0 Å². The molecule has 0 aliphatic rings. The minimum Gasteiger partial charge on any atom is -0.493 e. The fourth-order valence-electron chi connectivity index (χ4n) is 2.94. The van der Waals surface area contributed by atoms with E-state index < -0.39 is 0 Å². The van der Waals surface area contributed by atoms with Gasteiger partial charge in [-0.2, -0.15) is 0 Å². The molecule has 3 rings (SSSR count). The molecule has 0 saturated heterocycles. The van der Waals surface area contributed by atoms with Crippen molar-refractivity contribution in [1.29, 1.82) is 0 Å². The van der Waals surface area contributed by atoms with E-state index in [1.807, 2.05) is 55.5 Å². The highest BCUT2D eigenvalue weighted by Crippen LogP contribution is 2.21. The summed E-state index contributed by atoms with van der Waals surface area (Å²) in [6, 6.07) is 26.5. The van der Waals surface area contributed by atoms with E-state index in [2.05, 4.69) is 35.6 Å². The number of para-hydroxylation sites is 1. The molecule has 0 amide bonds. The Morgan fingerprint density at radius 1 is 0.724 bits per heavy atom. The van der Waals surface area contributed by atoms with Crippen LogP contribution in [0.2, 0.25) is 0 Å². The van der Waals surface area contributed by atoms with E-state index in [9.17, 15) is 0 Å². The van der Waals surface area contributed by atoms with Crippen LogP contribution in [0.4, 0.5) is 5.69 Å². The molecule has 4 heteroatoms. The summed E-state index contributed by atoms with van der Waals surface area (Å²) < 4.78 is 17.0. The summed E-state index contributed by atoms with van der Waals surface area (Å²) in [5.41, 5.74) is 3.45. The average Bonchev–Trinajstić information content (AvgIpc) is 2.78. The maximum Gasteiger partial charge on any atom is 0.124 e. The lowest BCUT2D eigenvalue weighted by Crippen LogP contribution is -2.09. The summed E-state index contributed by atoms with van der Waals surface area (Å²) >= 11 is 0. The van der Waals surface area contributed by atoms with Gasteiger partial charge >= 0.3 is 0 Å². The quantitative estimate of drug-likeness (QED) is 0.423. The zero-order valence-electron chi connectivity index (χ0n) is 17.0. The molecule has 0 aliphatic carbocycles. The average molecular weight is 392 g/mol. The molecule has 3 aromatic rings. The molecular formula is C25H29NO3. The van der Waals surface area contributed by atoms with Gasteiger partial charge in [-0.3, -0.25) is 0 Å². The summed E-state index contributed by atoms with van der Waals surface area (Å²) in [6.45, 7) is 5.21. The first kappa shape index (κ1) is 20.7. The summed E-state index contributed by atoms with van der Waals surface area (Å²) in [4.78, 5) is 0. The van der Waals surface area contributed by atoms with Crippen LogP contribution < -0.4 is 14.8 Å². The Morgan fingerprint density at radius 3 is 2.28 bits per heavy atom. The summed E-state index contributed by atoms with van der Waals surface area (Å²) in [6.07, 6.45) is 0.904. The van der Waals surface area contributed by atoms with Crippen LogP contribution in [0, 0.1) is 0 Å². The molecule has 0 heterocycles. The third-order valence-electron chi connectivity index (χ3n) is 4.50. The van der Waals surface area contributed by atoms with E-state index in [-0.39, 0.29) is 0 Å². The number of rotatable bonds is 12. The third kappa shape index (κ3) is 7.16. The van der Waals surface area contributed by atoms with E-state index >= 15 is 0 Å². The number of hydrogen-bond donors (Lipinski definition) is 1. The first-order chi connectivity index (χ1) is 14.3. The van der Waals surface area contributed by atoms with Gasteiger partial charge in [0, 0.05) is 30.8 Å². The van der Waals surface area contributed by atoms with Crippen LogP contribution in [0.25, 0.3) is 0 Å². The molecule has 0 fully saturated rings. The van der Waals surface area contributed by atoms with Crippen molar-refractivity contribution >= 4 is 5.69 Å². The van der Waals surface area contributed by atoms with Gasteiger partial charge in [0.05, 0.1) is 13.2 Å². The maximum absolute atomic E-state index is 5.85. The number of anilines is 1. The zero-order chi connectivity index (χ0) is 20.2. The second-order valence-electron chi connectivity index (χ2n) is 6.62. The van der Waals surface area contributed by atoms with Crippen molar-refractivity contribution in [1.82, 2.24) is 0 Å². The SMILES string of the molecule is CCOCCOc1ccccc1CNc1ccc(OCCc2ccccc2)cc1. The van der Waals surface area contributed by atoms with Gasteiger partial charge in [-0.05, 0) is 42.8 Å². The van der Waals surface area contributed by atoms with Crippen LogP contribution in [-0.2, 0) is 17.7 Å². The molecule has 0 aromatic heterocycles. The Morgan fingerprint density at radius 2 is 1.48 bits per heavy atom. The lowest BCUT2D eigenvalue weighted by atomic mass is 10.2. The van der Waals surface area contributed by atoms with Gasteiger partial charge in [0.2, 0.25) is 0 Å². The monoisotopic (exact) mass is 391 g/mol. The molecule has 0 bridgehead atoms. The summed E-state index contributed by atoms with van der Waals surface area (Å²) in [5.74, 6) is 1.77. The standard InChI is InChI=1S/C25H29NO3/c1-2-27-18-19-29-25-11-7-6-10-22(25)20-26-23-12-14-24(15-13-23)28-17-16-21-8-4-3-5-9-21/h3-15,26H,2,16-20H2,1H3. The maximum atomic E-state index is 5.85. The van der Waals surface area contributed by atoms with Crippen LogP contribution in [-0.4, -0.2) is 26.4 Å². The van der Waals surface area contributed by atoms with Gasteiger partial charge in [0.25, 0.3) is 0 Å². The van der Waals surface area contributed by atoms with Crippen molar-refractivity contribution in [3.05, 3.63) is 90.0 Å². The fourth-order valence-corrected chi connectivity index (χ4v) is 2.94. The van der Waals surface area contributed by atoms with Crippen molar-refractivity contribution in [2.75, 3.05) is 31.7 Å². The number of ether oxygens (including phenoxy) is 3. The Hall–Kier alpha value is -2.98. The van der Waals surface area contributed by atoms with E-state index in [1.165, 1.54) is 5.56 Å². The van der Waals surface area contributed by atoms with Crippen molar-refractivity contribution < 1.29 is 14.2 Å². The minimum absolute atomic E-state index is 0.555. The molecule has 0 saturated carbocycles. The summed E-state index contributed by atoms with van der Waals surface area (Å²) in [5, 5.41) is 3.45. The van der Waals surface area contributed by atoms with Crippen LogP contribution in [0.5, 0.6) is 11.5 Å². The zero-order valence-corrected chi connectivity index (χ0v) is 17.0. The number of hydrogen-bond acceptors (Lipinski definition) is 4. The van der Waals surface area contributed by atoms with Gasteiger partial charge < -0.3 is 19.5 Å². The second-order valence-corrected chi connectivity index (χ2v) is 6.62. The van der Waals surface area contributed by atoms with Crippen molar-refractivity contribution in [3.63, 3.8) is 0 Å².